The van der Waals surface area contributed by atoms with Gasteiger partial charge in [0.2, 0.25) is 5.91 Å². The Hall–Kier alpha value is -3.02. The van der Waals surface area contributed by atoms with Crippen LogP contribution in [0.25, 0.3) is 5.69 Å². The first-order valence-electron chi connectivity index (χ1n) is 7.14. The highest BCUT2D eigenvalue weighted by molar-refractivity contribution is 5.74. The lowest BCUT2D eigenvalue weighted by molar-refractivity contribution is -0.119. The summed E-state index contributed by atoms with van der Waals surface area (Å²) in [5.74, 6) is -0.531. The molecule has 2 aromatic carbocycles. The van der Waals surface area contributed by atoms with Gasteiger partial charge in [-0.1, -0.05) is 35.5 Å². The van der Waals surface area contributed by atoms with Crippen molar-refractivity contribution in [2.45, 2.75) is 13.0 Å². The van der Waals surface area contributed by atoms with E-state index in [4.69, 9.17) is 0 Å². The second-order valence-corrected chi connectivity index (χ2v) is 5.11. The summed E-state index contributed by atoms with van der Waals surface area (Å²) in [6, 6.07) is 15.0. The molecule has 0 aliphatic rings. The van der Waals surface area contributed by atoms with E-state index >= 15 is 0 Å². The summed E-state index contributed by atoms with van der Waals surface area (Å²) in [7, 11) is 0. The first kappa shape index (κ1) is 14.9. The molecule has 0 aliphatic heterocycles. The van der Waals surface area contributed by atoms with E-state index < -0.39 is 6.04 Å². The Morgan fingerprint density at radius 1 is 1.13 bits per heavy atom. The molecule has 1 heterocycles. The minimum atomic E-state index is -0.481. The molecule has 0 aliphatic carbocycles. The summed E-state index contributed by atoms with van der Waals surface area (Å²) in [6.45, 7) is 1.43. The van der Waals surface area contributed by atoms with Crippen molar-refractivity contribution in [1.82, 2.24) is 20.3 Å². The number of aromatic nitrogens is 3. The van der Waals surface area contributed by atoms with Crippen LogP contribution in [0.4, 0.5) is 4.39 Å². The van der Waals surface area contributed by atoms with E-state index in [1.54, 1.807) is 23.0 Å². The summed E-state index contributed by atoms with van der Waals surface area (Å²) in [5, 5.41) is 11.1. The highest BCUT2D eigenvalue weighted by Gasteiger charge is 2.19. The van der Waals surface area contributed by atoms with Crippen molar-refractivity contribution in [3.63, 3.8) is 0 Å². The molecule has 116 valence electrons. The predicted molar refractivity (Wildman–Crippen MR) is 83.4 cm³/mol. The van der Waals surface area contributed by atoms with Gasteiger partial charge in [0.05, 0.1) is 17.9 Å². The zero-order valence-electron chi connectivity index (χ0n) is 12.5. The molecule has 1 aromatic heterocycles. The second-order valence-electron chi connectivity index (χ2n) is 5.11. The normalized spacial score (nSPS) is 11.9. The molecule has 3 rings (SSSR count). The quantitative estimate of drug-likeness (QED) is 0.806. The van der Waals surface area contributed by atoms with Crippen LogP contribution in [0, 0.1) is 5.82 Å². The predicted octanol–water partition coefficient (Wildman–Crippen LogP) is 2.63. The van der Waals surface area contributed by atoms with E-state index in [-0.39, 0.29) is 11.7 Å². The van der Waals surface area contributed by atoms with Gasteiger partial charge in [0, 0.05) is 6.92 Å². The van der Waals surface area contributed by atoms with E-state index in [0.29, 0.717) is 5.69 Å². The molecule has 1 atom stereocenters. The van der Waals surface area contributed by atoms with Crippen LogP contribution in [0.2, 0.25) is 0 Å². The average Bonchev–Trinajstić information content (AvgIpc) is 3.04. The monoisotopic (exact) mass is 310 g/mol. The lowest BCUT2D eigenvalue weighted by atomic mass is 10.0. The number of amides is 1. The number of nitrogens with one attached hydrogen (secondary N) is 1. The van der Waals surface area contributed by atoms with E-state index in [2.05, 4.69) is 15.6 Å². The van der Waals surface area contributed by atoms with Crippen molar-refractivity contribution in [3.8, 4) is 5.69 Å². The highest BCUT2D eigenvalue weighted by atomic mass is 19.1. The van der Waals surface area contributed by atoms with Crippen molar-refractivity contribution in [2.24, 2.45) is 0 Å². The van der Waals surface area contributed by atoms with Gasteiger partial charge in [-0.15, -0.1) is 5.10 Å². The molecule has 0 fully saturated rings. The molecule has 0 radical (unpaired) electrons. The standard InChI is InChI=1S/C17H15FN4O/c1-12(23)19-17(13-7-9-14(18)10-8-13)16-11-22(21-20-16)15-5-3-2-4-6-15/h2-11,17H,1H3,(H,19,23)/t17-/m1/s1. The maximum atomic E-state index is 13.1. The van der Waals surface area contributed by atoms with Gasteiger partial charge in [-0.25, -0.2) is 9.07 Å². The molecule has 23 heavy (non-hydrogen) atoms. The third kappa shape index (κ3) is 3.42. The molecule has 3 aromatic rings. The first-order valence-corrected chi connectivity index (χ1v) is 7.14. The average molecular weight is 310 g/mol. The summed E-state index contributed by atoms with van der Waals surface area (Å²) in [4.78, 5) is 11.5. The minimum Gasteiger partial charge on any atom is -0.344 e. The lowest BCUT2D eigenvalue weighted by Crippen LogP contribution is -2.27. The van der Waals surface area contributed by atoms with E-state index in [9.17, 15) is 9.18 Å². The second kappa shape index (κ2) is 6.39. The van der Waals surface area contributed by atoms with Crippen molar-refractivity contribution in [3.05, 3.63) is 77.9 Å². The number of rotatable bonds is 4. The SMILES string of the molecule is CC(=O)N[C@H](c1ccc(F)cc1)c1cn(-c2ccccc2)nn1. The summed E-state index contributed by atoms with van der Waals surface area (Å²) < 4.78 is 14.8. The Bertz CT molecular complexity index is 799. The Labute approximate surface area is 132 Å². The van der Waals surface area contributed by atoms with Gasteiger partial charge < -0.3 is 5.32 Å². The minimum absolute atomic E-state index is 0.200. The molecule has 6 heteroatoms. The molecule has 0 unspecified atom stereocenters. The molecular formula is C17H15FN4O. The van der Waals surface area contributed by atoms with Crippen LogP contribution in [-0.4, -0.2) is 20.9 Å². The Morgan fingerprint density at radius 2 is 1.83 bits per heavy atom. The van der Waals surface area contributed by atoms with Crippen LogP contribution >= 0.6 is 0 Å². The van der Waals surface area contributed by atoms with Crippen molar-refractivity contribution < 1.29 is 9.18 Å². The molecule has 1 amide bonds. The number of benzene rings is 2. The molecule has 5 nitrogen and oxygen atoms in total. The molecule has 0 saturated carbocycles. The molecule has 0 bridgehead atoms. The maximum Gasteiger partial charge on any atom is 0.217 e. The van der Waals surface area contributed by atoms with Crippen LogP contribution in [0.15, 0.2) is 60.8 Å². The molecular weight excluding hydrogens is 295 g/mol. The van der Waals surface area contributed by atoms with Crippen molar-refractivity contribution in [2.75, 3.05) is 0 Å². The maximum absolute atomic E-state index is 13.1. The van der Waals surface area contributed by atoms with Crippen molar-refractivity contribution >= 4 is 5.91 Å². The van der Waals surface area contributed by atoms with Crippen LogP contribution in [0.5, 0.6) is 0 Å². The van der Waals surface area contributed by atoms with Gasteiger partial charge in [-0.3, -0.25) is 4.79 Å². The topological polar surface area (TPSA) is 59.8 Å². The number of hydrogen-bond donors (Lipinski definition) is 1. The smallest absolute Gasteiger partial charge is 0.217 e. The third-order valence-corrected chi connectivity index (χ3v) is 3.38. The summed E-state index contributed by atoms with van der Waals surface area (Å²) >= 11 is 0. The van der Waals surface area contributed by atoms with E-state index in [1.165, 1.54) is 19.1 Å². The molecule has 1 N–H and O–H groups in total. The fourth-order valence-corrected chi connectivity index (χ4v) is 2.30. The van der Waals surface area contributed by atoms with Crippen molar-refractivity contribution in [1.29, 1.82) is 0 Å². The number of carbonyl (C=O) groups excluding carboxylic acids is 1. The number of nitrogens with zero attached hydrogens (tertiary/aromatic N) is 3. The fraction of sp³-hybridized carbons (Fsp3) is 0.118. The summed E-state index contributed by atoms with van der Waals surface area (Å²) in [6.07, 6.45) is 1.75. The first-order chi connectivity index (χ1) is 11.1. The fourth-order valence-electron chi connectivity index (χ4n) is 2.30. The van der Waals surface area contributed by atoms with Gasteiger partial charge in [0.15, 0.2) is 0 Å². The Kier molecular flexibility index (Phi) is 4.14. The van der Waals surface area contributed by atoms with Crippen LogP contribution in [0.3, 0.4) is 0 Å². The summed E-state index contributed by atoms with van der Waals surface area (Å²) in [5.41, 5.74) is 2.18. The van der Waals surface area contributed by atoms with Gasteiger partial charge >= 0.3 is 0 Å². The van der Waals surface area contributed by atoms with Crippen LogP contribution < -0.4 is 5.32 Å². The van der Waals surface area contributed by atoms with Crippen LogP contribution in [-0.2, 0) is 4.79 Å². The Balaban J connectivity index is 1.96. The van der Waals surface area contributed by atoms with Gasteiger partial charge in [0.1, 0.15) is 11.5 Å². The van der Waals surface area contributed by atoms with E-state index in [1.807, 2.05) is 30.3 Å². The number of halogens is 1. The lowest BCUT2D eigenvalue weighted by Gasteiger charge is -2.15. The Morgan fingerprint density at radius 3 is 2.48 bits per heavy atom. The zero-order chi connectivity index (χ0) is 16.2. The number of hydrogen-bond acceptors (Lipinski definition) is 3. The highest BCUT2D eigenvalue weighted by Crippen LogP contribution is 2.21. The largest absolute Gasteiger partial charge is 0.344 e. The third-order valence-electron chi connectivity index (χ3n) is 3.38. The van der Waals surface area contributed by atoms with E-state index in [0.717, 1.165) is 11.3 Å². The van der Waals surface area contributed by atoms with Crippen LogP contribution in [0.1, 0.15) is 24.2 Å². The number of para-hydroxylation sites is 1. The zero-order valence-corrected chi connectivity index (χ0v) is 12.5. The molecule has 0 spiro atoms. The van der Waals surface area contributed by atoms with Gasteiger partial charge in [0.25, 0.3) is 0 Å². The molecule has 0 saturated heterocycles. The van der Waals surface area contributed by atoms with Gasteiger partial charge in [-0.05, 0) is 29.8 Å². The van der Waals surface area contributed by atoms with Gasteiger partial charge in [-0.2, -0.15) is 0 Å². The number of carbonyl (C=O) groups is 1.